The van der Waals surface area contributed by atoms with Gasteiger partial charge in [-0.2, -0.15) is 11.3 Å². The molecule has 2 rings (SSSR count). The summed E-state index contributed by atoms with van der Waals surface area (Å²) in [5.74, 6) is 1.01. The maximum atomic E-state index is 6.03. The largest absolute Gasteiger partial charge is 0.493 e. The number of nitrogens with one attached hydrogen (secondary N) is 1. The fourth-order valence-corrected chi connectivity index (χ4v) is 2.87. The summed E-state index contributed by atoms with van der Waals surface area (Å²) < 4.78 is 11.1. The number of methoxy groups -OCH3 is 1. The molecule has 4 heteroatoms. The SMILES string of the molecule is COCCNCc1cccc(C)c1OCCc1ccsc1. The normalized spacial score (nSPS) is 10.8. The first-order valence-corrected chi connectivity index (χ1v) is 8.17. The Hall–Kier alpha value is -1.36. The molecule has 2 aromatic rings. The monoisotopic (exact) mass is 305 g/mol. The van der Waals surface area contributed by atoms with Gasteiger partial charge in [0.2, 0.25) is 0 Å². The van der Waals surface area contributed by atoms with Gasteiger partial charge >= 0.3 is 0 Å². The Morgan fingerprint density at radius 3 is 2.86 bits per heavy atom. The molecule has 0 amide bonds. The van der Waals surface area contributed by atoms with Crippen molar-refractivity contribution < 1.29 is 9.47 Å². The van der Waals surface area contributed by atoms with Crippen molar-refractivity contribution in [1.82, 2.24) is 5.32 Å². The van der Waals surface area contributed by atoms with Gasteiger partial charge in [-0.1, -0.05) is 18.2 Å². The molecule has 0 unspecified atom stereocenters. The van der Waals surface area contributed by atoms with E-state index in [-0.39, 0.29) is 0 Å². The van der Waals surface area contributed by atoms with Crippen LogP contribution in [0.3, 0.4) is 0 Å². The molecule has 1 aromatic heterocycles. The smallest absolute Gasteiger partial charge is 0.126 e. The zero-order valence-corrected chi connectivity index (χ0v) is 13.5. The van der Waals surface area contributed by atoms with Gasteiger partial charge in [-0.25, -0.2) is 0 Å². The van der Waals surface area contributed by atoms with Crippen molar-refractivity contribution in [3.8, 4) is 5.75 Å². The lowest BCUT2D eigenvalue weighted by Gasteiger charge is -2.14. The van der Waals surface area contributed by atoms with Crippen LogP contribution in [0.2, 0.25) is 0 Å². The van der Waals surface area contributed by atoms with Gasteiger partial charge in [-0.3, -0.25) is 0 Å². The molecule has 3 nitrogen and oxygen atoms in total. The molecule has 1 N–H and O–H groups in total. The van der Waals surface area contributed by atoms with Crippen LogP contribution in [0.25, 0.3) is 0 Å². The van der Waals surface area contributed by atoms with E-state index in [1.165, 1.54) is 16.7 Å². The molecule has 0 aliphatic carbocycles. The van der Waals surface area contributed by atoms with Gasteiger partial charge in [0.25, 0.3) is 0 Å². The van der Waals surface area contributed by atoms with Gasteiger partial charge < -0.3 is 14.8 Å². The number of hydrogen-bond donors (Lipinski definition) is 1. The molecular weight excluding hydrogens is 282 g/mol. The zero-order chi connectivity index (χ0) is 14.9. The van der Waals surface area contributed by atoms with Crippen LogP contribution < -0.4 is 10.1 Å². The van der Waals surface area contributed by atoms with Crippen molar-refractivity contribution in [3.63, 3.8) is 0 Å². The molecule has 0 spiro atoms. The molecule has 0 aliphatic heterocycles. The van der Waals surface area contributed by atoms with Crippen molar-refractivity contribution in [2.24, 2.45) is 0 Å². The van der Waals surface area contributed by atoms with Gasteiger partial charge in [-0.05, 0) is 34.9 Å². The average Bonchev–Trinajstić information content (AvgIpc) is 2.99. The Morgan fingerprint density at radius 1 is 1.19 bits per heavy atom. The molecular formula is C17H23NO2S. The van der Waals surface area contributed by atoms with Crippen LogP contribution in [0.1, 0.15) is 16.7 Å². The molecule has 1 heterocycles. The van der Waals surface area contributed by atoms with Crippen LogP contribution in [-0.4, -0.2) is 26.9 Å². The fraction of sp³-hybridized carbons (Fsp3) is 0.412. The molecule has 1 aromatic carbocycles. The first-order chi connectivity index (χ1) is 10.3. The second-order valence-electron chi connectivity index (χ2n) is 4.96. The Morgan fingerprint density at radius 2 is 2.10 bits per heavy atom. The molecule has 0 atom stereocenters. The summed E-state index contributed by atoms with van der Waals surface area (Å²) in [5, 5.41) is 7.65. The second kappa shape index (κ2) is 8.82. The van der Waals surface area contributed by atoms with E-state index in [1.807, 2.05) is 0 Å². The molecule has 0 bridgehead atoms. The zero-order valence-electron chi connectivity index (χ0n) is 12.7. The van der Waals surface area contributed by atoms with Gasteiger partial charge in [0.1, 0.15) is 5.75 Å². The number of rotatable bonds is 9. The van der Waals surface area contributed by atoms with Crippen molar-refractivity contribution in [2.45, 2.75) is 19.9 Å². The highest BCUT2D eigenvalue weighted by Gasteiger charge is 2.07. The maximum Gasteiger partial charge on any atom is 0.126 e. The number of para-hydroxylation sites is 1. The third-order valence-corrected chi connectivity index (χ3v) is 4.04. The minimum Gasteiger partial charge on any atom is -0.493 e. The van der Waals surface area contributed by atoms with Crippen LogP contribution in [0.15, 0.2) is 35.0 Å². The Kier molecular flexibility index (Phi) is 6.73. The van der Waals surface area contributed by atoms with Gasteiger partial charge in [0, 0.05) is 32.2 Å². The van der Waals surface area contributed by atoms with E-state index in [1.54, 1.807) is 18.4 Å². The van der Waals surface area contributed by atoms with Crippen molar-refractivity contribution in [1.29, 1.82) is 0 Å². The van der Waals surface area contributed by atoms with E-state index in [9.17, 15) is 0 Å². The van der Waals surface area contributed by atoms with E-state index in [0.29, 0.717) is 6.61 Å². The fourth-order valence-electron chi connectivity index (χ4n) is 2.16. The average molecular weight is 305 g/mol. The highest BCUT2D eigenvalue weighted by molar-refractivity contribution is 7.07. The predicted molar refractivity (Wildman–Crippen MR) is 88.3 cm³/mol. The number of aryl methyl sites for hydroxylation is 1. The summed E-state index contributed by atoms with van der Waals surface area (Å²) >= 11 is 1.73. The highest BCUT2D eigenvalue weighted by Crippen LogP contribution is 2.23. The van der Waals surface area contributed by atoms with Crippen molar-refractivity contribution >= 4 is 11.3 Å². The Balaban J connectivity index is 1.90. The number of benzene rings is 1. The number of hydrogen-bond acceptors (Lipinski definition) is 4. The molecule has 0 saturated carbocycles. The summed E-state index contributed by atoms with van der Waals surface area (Å²) in [4.78, 5) is 0. The van der Waals surface area contributed by atoms with E-state index >= 15 is 0 Å². The first kappa shape index (κ1) is 16.0. The molecule has 0 aliphatic rings. The number of ether oxygens (including phenoxy) is 2. The summed E-state index contributed by atoms with van der Waals surface area (Å²) in [6, 6.07) is 8.44. The maximum absolute atomic E-state index is 6.03. The van der Waals surface area contributed by atoms with Crippen LogP contribution in [0.4, 0.5) is 0 Å². The van der Waals surface area contributed by atoms with Gasteiger partial charge in [0.05, 0.1) is 13.2 Å². The quantitative estimate of drug-likeness (QED) is 0.720. The predicted octanol–water partition coefficient (Wildman–Crippen LogP) is 3.41. The van der Waals surface area contributed by atoms with Crippen LogP contribution >= 0.6 is 11.3 Å². The third-order valence-electron chi connectivity index (χ3n) is 3.31. The molecule has 0 radical (unpaired) electrons. The lowest BCUT2D eigenvalue weighted by atomic mass is 10.1. The minimum atomic E-state index is 0.715. The molecule has 0 fully saturated rings. The van der Waals surface area contributed by atoms with E-state index in [2.05, 4.69) is 47.3 Å². The van der Waals surface area contributed by atoms with Crippen LogP contribution in [0, 0.1) is 6.92 Å². The molecule has 0 saturated heterocycles. The summed E-state index contributed by atoms with van der Waals surface area (Å²) in [7, 11) is 1.72. The van der Waals surface area contributed by atoms with E-state index in [4.69, 9.17) is 9.47 Å². The van der Waals surface area contributed by atoms with E-state index in [0.717, 1.165) is 31.9 Å². The van der Waals surface area contributed by atoms with Gasteiger partial charge in [0.15, 0.2) is 0 Å². The van der Waals surface area contributed by atoms with Crippen molar-refractivity contribution in [2.75, 3.05) is 26.9 Å². The summed E-state index contributed by atoms with van der Waals surface area (Å²) in [5.41, 5.74) is 3.73. The molecule has 114 valence electrons. The number of thiophene rings is 1. The topological polar surface area (TPSA) is 30.5 Å². The van der Waals surface area contributed by atoms with E-state index < -0.39 is 0 Å². The third kappa shape index (κ3) is 5.16. The standard InChI is InChI=1S/C17H23NO2S/c1-14-4-3-5-16(12-18-8-10-19-2)17(14)20-9-6-15-7-11-21-13-15/h3-5,7,11,13,18H,6,8-10,12H2,1-2H3. The Bertz CT molecular complexity index is 526. The highest BCUT2D eigenvalue weighted by atomic mass is 32.1. The Labute approximate surface area is 130 Å². The van der Waals surface area contributed by atoms with Crippen LogP contribution in [-0.2, 0) is 17.7 Å². The summed E-state index contributed by atoms with van der Waals surface area (Å²) in [6.07, 6.45) is 0.953. The first-order valence-electron chi connectivity index (χ1n) is 7.23. The van der Waals surface area contributed by atoms with Crippen LogP contribution in [0.5, 0.6) is 5.75 Å². The van der Waals surface area contributed by atoms with Crippen molar-refractivity contribution in [3.05, 3.63) is 51.7 Å². The molecule has 21 heavy (non-hydrogen) atoms. The lowest BCUT2D eigenvalue weighted by molar-refractivity contribution is 0.199. The van der Waals surface area contributed by atoms with Gasteiger partial charge in [-0.15, -0.1) is 0 Å². The second-order valence-corrected chi connectivity index (χ2v) is 5.74. The summed E-state index contributed by atoms with van der Waals surface area (Å²) in [6.45, 7) is 5.18. The lowest BCUT2D eigenvalue weighted by Crippen LogP contribution is -2.19. The minimum absolute atomic E-state index is 0.715.